The number of aryl methyl sites for hydroxylation is 1. The van der Waals surface area contributed by atoms with E-state index in [4.69, 9.17) is 4.74 Å². The Morgan fingerprint density at radius 3 is 2.50 bits per heavy atom. The van der Waals surface area contributed by atoms with Gasteiger partial charge >= 0.3 is 0 Å². The van der Waals surface area contributed by atoms with Crippen molar-refractivity contribution in [2.45, 2.75) is 52.5 Å². The van der Waals surface area contributed by atoms with Gasteiger partial charge in [-0.1, -0.05) is 31.2 Å². The molecule has 0 bridgehead atoms. The number of hydrogen-bond donors (Lipinski definition) is 2. The molecule has 134 valence electrons. The number of rotatable bonds is 9. The first kappa shape index (κ1) is 18.8. The summed E-state index contributed by atoms with van der Waals surface area (Å²) in [4.78, 5) is 4.38. The highest BCUT2D eigenvalue weighted by atomic mass is 16.5. The van der Waals surface area contributed by atoms with Crippen LogP contribution in [-0.2, 0) is 11.2 Å². The Bertz CT molecular complexity index is 520. The zero-order valence-electron chi connectivity index (χ0n) is 15.7. The van der Waals surface area contributed by atoms with Gasteiger partial charge < -0.3 is 15.4 Å². The molecule has 4 heteroatoms. The first-order chi connectivity index (χ1) is 11.6. The van der Waals surface area contributed by atoms with Gasteiger partial charge in [-0.3, -0.25) is 4.99 Å². The average molecular weight is 332 g/mol. The molecule has 0 aliphatic heterocycles. The highest BCUT2D eigenvalue weighted by Gasteiger charge is 2.41. The fourth-order valence-electron chi connectivity index (χ4n) is 2.92. The van der Waals surface area contributed by atoms with Gasteiger partial charge in [0.2, 0.25) is 0 Å². The number of hydrogen-bond acceptors (Lipinski definition) is 2. The highest BCUT2D eigenvalue weighted by Crippen LogP contribution is 2.48. The SMILES string of the molecule is CCOCCC1(CNC(=NC)NC(C)c2ccc(CC)cc2)CC1. The third kappa shape index (κ3) is 5.52. The van der Waals surface area contributed by atoms with Gasteiger partial charge in [0, 0.05) is 26.8 Å². The minimum absolute atomic E-state index is 0.237. The second kappa shape index (κ2) is 9.07. The molecular formula is C20H33N3O. The molecule has 1 fully saturated rings. The van der Waals surface area contributed by atoms with Crippen LogP contribution in [-0.4, -0.2) is 32.8 Å². The highest BCUT2D eigenvalue weighted by molar-refractivity contribution is 5.80. The standard InChI is InChI=1S/C20H33N3O/c1-5-17-7-9-18(10-8-17)16(3)23-19(21-4)22-15-20(11-12-20)13-14-24-6-2/h7-10,16H,5-6,11-15H2,1-4H3,(H2,21,22,23). The van der Waals surface area contributed by atoms with Gasteiger partial charge in [-0.05, 0) is 56.1 Å². The van der Waals surface area contributed by atoms with E-state index in [1.807, 2.05) is 7.05 Å². The first-order valence-electron chi connectivity index (χ1n) is 9.26. The summed E-state index contributed by atoms with van der Waals surface area (Å²) in [6, 6.07) is 9.05. The Labute approximate surface area is 147 Å². The monoisotopic (exact) mass is 331 g/mol. The van der Waals surface area contributed by atoms with Crippen LogP contribution < -0.4 is 10.6 Å². The summed E-state index contributed by atoms with van der Waals surface area (Å²) in [6.07, 6.45) is 4.80. The van der Waals surface area contributed by atoms with Crippen LogP contribution in [0.25, 0.3) is 0 Å². The molecule has 0 amide bonds. The maximum absolute atomic E-state index is 5.51. The molecule has 0 saturated heterocycles. The molecule has 4 nitrogen and oxygen atoms in total. The predicted molar refractivity (Wildman–Crippen MR) is 102 cm³/mol. The molecule has 1 aromatic carbocycles. The van der Waals surface area contributed by atoms with Crippen LogP contribution in [0.1, 0.15) is 57.2 Å². The lowest BCUT2D eigenvalue weighted by molar-refractivity contribution is 0.128. The van der Waals surface area contributed by atoms with Crippen LogP contribution in [0.3, 0.4) is 0 Å². The quantitative estimate of drug-likeness (QED) is 0.412. The minimum atomic E-state index is 0.237. The Balaban J connectivity index is 1.81. The van der Waals surface area contributed by atoms with Gasteiger partial charge in [0.05, 0.1) is 6.04 Å². The van der Waals surface area contributed by atoms with Crippen molar-refractivity contribution in [1.29, 1.82) is 0 Å². The van der Waals surface area contributed by atoms with Crippen molar-refractivity contribution in [3.8, 4) is 0 Å². The summed E-state index contributed by atoms with van der Waals surface area (Å²) in [7, 11) is 1.84. The van der Waals surface area contributed by atoms with Crippen LogP contribution in [0.4, 0.5) is 0 Å². The molecule has 1 aromatic rings. The summed E-state index contributed by atoms with van der Waals surface area (Å²) in [5.41, 5.74) is 3.07. The lowest BCUT2D eigenvalue weighted by atomic mass is 10.0. The molecule has 0 aromatic heterocycles. The number of benzene rings is 1. The normalized spacial score (nSPS) is 17.4. The molecule has 1 aliphatic rings. The Kier molecular flexibility index (Phi) is 7.10. The molecule has 1 unspecified atom stereocenters. The Hall–Kier alpha value is -1.55. The van der Waals surface area contributed by atoms with Crippen molar-refractivity contribution < 1.29 is 4.74 Å². The lowest BCUT2D eigenvalue weighted by Gasteiger charge is -2.21. The fourth-order valence-corrected chi connectivity index (χ4v) is 2.92. The average Bonchev–Trinajstić information content (AvgIpc) is 3.39. The molecule has 2 N–H and O–H groups in total. The van der Waals surface area contributed by atoms with Crippen molar-refractivity contribution >= 4 is 5.96 Å². The number of nitrogens with one attached hydrogen (secondary N) is 2. The molecule has 1 aliphatic carbocycles. The molecule has 1 saturated carbocycles. The fraction of sp³-hybridized carbons (Fsp3) is 0.650. The minimum Gasteiger partial charge on any atom is -0.382 e. The zero-order chi connectivity index (χ0) is 17.4. The summed E-state index contributed by atoms with van der Waals surface area (Å²) >= 11 is 0. The van der Waals surface area contributed by atoms with E-state index in [2.05, 4.69) is 60.7 Å². The van der Waals surface area contributed by atoms with Crippen LogP contribution in [0.2, 0.25) is 0 Å². The third-order valence-corrected chi connectivity index (χ3v) is 5.03. The molecule has 0 spiro atoms. The van der Waals surface area contributed by atoms with E-state index in [-0.39, 0.29) is 6.04 Å². The van der Waals surface area contributed by atoms with Crippen LogP contribution in [0.15, 0.2) is 29.3 Å². The van der Waals surface area contributed by atoms with Gasteiger partial charge in [-0.25, -0.2) is 0 Å². The second-order valence-corrected chi connectivity index (χ2v) is 6.83. The van der Waals surface area contributed by atoms with Gasteiger partial charge in [-0.2, -0.15) is 0 Å². The van der Waals surface area contributed by atoms with Crippen LogP contribution in [0, 0.1) is 5.41 Å². The summed E-state index contributed by atoms with van der Waals surface area (Å²) < 4.78 is 5.51. The van der Waals surface area contributed by atoms with Crippen molar-refractivity contribution in [1.82, 2.24) is 10.6 Å². The molecule has 2 rings (SSSR count). The van der Waals surface area contributed by atoms with Crippen LogP contribution in [0.5, 0.6) is 0 Å². The smallest absolute Gasteiger partial charge is 0.191 e. The molecule has 0 heterocycles. The van der Waals surface area contributed by atoms with Gasteiger partial charge in [0.15, 0.2) is 5.96 Å². The predicted octanol–water partition coefficient (Wildman–Crippen LogP) is 3.68. The second-order valence-electron chi connectivity index (χ2n) is 6.83. The van der Waals surface area contributed by atoms with Crippen molar-refractivity contribution in [3.05, 3.63) is 35.4 Å². The summed E-state index contributed by atoms with van der Waals surface area (Å²) in [6.45, 7) is 9.06. The third-order valence-electron chi connectivity index (χ3n) is 5.03. The molecule has 24 heavy (non-hydrogen) atoms. The van der Waals surface area contributed by atoms with Gasteiger partial charge in [0.25, 0.3) is 0 Å². The van der Waals surface area contributed by atoms with E-state index in [0.717, 1.165) is 38.6 Å². The molecule has 0 radical (unpaired) electrons. The summed E-state index contributed by atoms with van der Waals surface area (Å²) in [5.74, 6) is 0.879. The lowest BCUT2D eigenvalue weighted by Crippen LogP contribution is -2.41. The van der Waals surface area contributed by atoms with E-state index in [0.29, 0.717) is 5.41 Å². The molecule has 1 atom stereocenters. The van der Waals surface area contributed by atoms with Crippen molar-refractivity contribution in [2.24, 2.45) is 10.4 Å². The zero-order valence-corrected chi connectivity index (χ0v) is 15.7. The van der Waals surface area contributed by atoms with E-state index in [9.17, 15) is 0 Å². The van der Waals surface area contributed by atoms with E-state index in [1.165, 1.54) is 24.0 Å². The van der Waals surface area contributed by atoms with Crippen molar-refractivity contribution in [3.63, 3.8) is 0 Å². The van der Waals surface area contributed by atoms with Gasteiger partial charge in [0.1, 0.15) is 0 Å². The number of ether oxygens (including phenoxy) is 1. The van der Waals surface area contributed by atoms with E-state index in [1.54, 1.807) is 0 Å². The maximum atomic E-state index is 5.51. The largest absolute Gasteiger partial charge is 0.382 e. The molecular weight excluding hydrogens is 298 g/mol. The van der Waals surface area contributed by atoms with E-state index >= 15 is 0 Å². The van der Waals surface area contributed by atoms with Gasteiger partial charge in [-0.15, -0.1) is 0 Å². The van der Waals surface area contributed by atoms with E-state index < -0.39 is 0 Å². The number of guanidine groups is 1. The topological polar surface area (TPSA) is 45.6 Å². The summed E-state index contributed by atoms with van der Waals surface area (Å²) in [5, 5.41) is 7.00. The first-order valence-corrected chi connectivity index (χ1v) is 9.26. The number of aliphatic imine (C=N–C) groups is 1. The number of nitrogens with zero attached hydrogens (tertiary/aromatic N) is 1. The van der Waals surface area contributed by atoms with Crippen molar-refractivity contribution in [2.75, 3.05) is 26.8 Å². The Morgan fingerprint density at radius 2 is 1.96 bits per heavy atom. The Morgan fingerprint density at radius 1 is 1.25 bits per heavy atom. The maximum Gasteiger partial charge on any atom is 0.191 e. The van der Waals surface area contributed by atoms with Crippen LogP contribution >= 0.6 is 0 Å².